The van der Waals surface area contributed by atoms with Crippen molar-refractivity contribution in [1.29, 1.82) is 0 Å². The summed E-state index contributed by atoms with van der Waals surface area (Å²) in [7, 11) is 1.70. The number of methoxy groups -OCH3 is 1. The smallest absolute Gasteiger partial charge is 0.0947 e. The molecule has 4 heteroatoms. The second-order valence-corrected chi connectivity index (χ2v) is 3.27. The van der Waals surface area contributed by atoms with Crippen LogP contribution in [0.2, 0.25) is 0 Å². The Hall–Kier alpha value is -0.840. The highest BCUT2D eigenvalue weighted by molar-refractivity contribution is 5.04. The molecule has 0 radical (unpaired) electrons. The topological polar surface area (TPSA) is 43.6 Å². The van der Waals surface area contributed by atoms with E-state index in [0.717, 1.165) is 44.9 Å². The third kappa shape index (κ3) is 6.28. The van der Waals surface area contributed by atoms with Gasteiger partial charge in [0.2, 0.25) is 0 Å². The monoisotopic (exact) mass is 213 g/mol. The molecule has 0 aliphatic rings. The lowest BCUT2D eigenvalue weighted by Crippen LogP contribution is -2.19. The van der Waals surface area contributed by atoms with E-state index in [-0.39, 0.29) is 0 Å². The molecule has 86 valence electrons. The first-order valence-corrected chi connectivity index (χ1v) is 5.22. The number of rotatable bonds is 9. The predicted molar refractivity (Wildman–Crippen MR) is 57.7 cm³/mol. The van der Waals surface area contributed by atoms with Crippen LogP contribution in [0.3, 0.4) is 0 Å². The molecule has 1 N–H and O–H groups in total. The molecule has 4 nitrogen and oxygen atoms in total. The van der Waals surface area contributed by atoms with Gasteiger partial charge in [-0.15, -0.1) is 0 Å². The molecule has 0 saturated carbocycles. The lowest BCUT2D eigenvalue weighted by atomic mass is 10.3. The summed E-state index contributed by atoms with van der Waals surface area (Å²) in [5.41, 5.74) is 1.16. The minimum absolute atomic E-state index is 0.738. The zero-order chi connectivity index (χ0) is 10.8. The average Bonchev–Trinajstić information content (AvgIpc) is 2.75. The van der Waals surface area contributed by atoms with Crippen LogP contribution in [-0.4, -0.2) is 33.5 Å². The fourth-order valence-corrected chi connectivity index (χ4v) is 1.18. The molecule has 0 bridgehead atoms. The summed E-state index contributed by atoms with van der Waals surface area (Å²) in [6, 6.07) is 1.95. The number of furan rings is 1. The fourth-order valence-electron chi connectivity index (χ4n) is 1.18. The Balaban J connectivity index is 1.81. The van der Waals surface area contributed by atoms with Gasteiger partial charge < -0.3 is 19.2 Å². The van der Waals surface area contributed by atoms with Gasteiger partial charge in [0, 0.05) is 39.0 Å². The molecule has 1 aromatic rings. The van der Waals surface area contributed by atoms with Gasteiger partial charge in [0.25, 0.3) is 0 Å². The van der Waals surface area contributed by atoms with E-state index in [1.165, 1.54) is 0 Å². The Kier molecular flexibility index (Phi) is 6.90. The highest BCUT2D eigenvalue weighted by Gasteiger charge is 1.93. The zero-order valence-electron chi connectivity index (χ0n) is 9.20. The van der Waals surface area contributed by atoms with Crippen LogP contribution in [0.1, 0.15) is 12.0 Å². The molecule has 0 spiro atoms. The first-order valence-electron chi connectivity index (χ1n) is 5.22. The normalized spacial score (nSPS) is 10.7. The molecular weight excluding hydrogens is 194 g/mol. The van der Waals surface area contributed by atoms with Gasteiger partial charge in [0.15, 0.2) is 0 Å². The molecule has 15 heavy (non-hydrogen) atoms. The highest BCUT2D eigenvalue weighted by atomic mass is 16.5. The molecule has 0 fully saturated rings. The largest absolute Gasteiger partial charge is 0.472 e. The Bertz CT molecular complexity index is 224. The molecule has 1 heterocycles. The van der Waals surface area contributed by atoms with E-state index in [1.54, 1.807) is 19.6 Å². The number of hydrogen-bond donors (Lipinski definition) is 1. The summed E-state index contributed by atoms with van der Waals surface area (Å²) in [5.74, 6) is 0. The molecule has 1 rings (SSSR count). The molecular formula is C11H19NO3. The Morgan fingerprint density at radius 1 is 1.33 bits per heavy atom. The van der Waals surface area contributed by atoms with E-state index in [2.05, 4.69) is 5.32 Å². The molecule has 0 unspecified atom stereocenters. The first-order chi connectivity index (χ1) is 7.43. The van der Waals surface area contributed by atoms with E-state index >= 15 is 0 Å². The van der Waals surface area contributed by atoms with Crippen molar-refractivity contribution < 1.29 is 13.9 Å². The second kappa shape index (κ2) is 8.47. The van der Waals surface area contributed by atoms with Gasteiger partial charge in [-0.05, 0) is 12.5 Å². The molecule has 0 aliphatic carbocycles. The van der Waals surface area contributed by atoms with E-state index in [4.69, 9.17) is 13.9 Å². The molecule has 0 saturated heterocycles. The maximum Gasteiger partial charge on any atom is 0.0947 e. The summed E-state index contributed by atoms with van der Waals surface area (Å²) < 4.78 is 15.3. The van der Waals surface area contributed by atoms with Crippen LogP contribution in [0.4, 0.5) is 0 Å². The van der Waals surface area contributed by atoms with Crippen LogP contribution < -0.4 is 5.32 Å². The van der Waals surface area contributed by atoms with Crippen molar-refractivity contribution in [3.05, 3.63) is 24.2 Å². The molecule has 0 aliphatic heterocycles. The van der Waals surface area contributed by atoms with Crippen LogP contribution >= 0.6 is 0 Å². The quantitative estimate of drug-likeness (QED) is 0.630. The summed E-state index contributed by atoms with van der Waals surface area (Å²) >= 11 is 0. The van der Waals surface area contributed by atoms with Crippen LogP contribution in [-0.2, 0) is 16.0 Å². The molecule has 1 aromatic heterocycles. The molecule has 0 aromatic carbocycles. The van der Waals surface area contributed by atoms with Crippen molar-refractivity contribution in [3.8, 4) is 0 Å². The third-order valence-electron chi connectivity index (χ3n) is 1.97. The van der Waals surface area contributed by atoms with Crippen molar-refractivity contribution in [2.45, 2.75) is 13.0 Å². The van der Waals surface area contributed by atoms with Crippen LogP contribution in [0.15, 0.2) is 23.0 Å². The Morgan fingerprint density at radius 3 is 3.00 bits per heavy atom. The second-order valence-electron chi connectivity index (χ2n) is 3.27. The SMILES string of the molecule is COCCCOCCNCc1ccoc1. The zero-order valence-corrected chi connectivity index (χ0v) is 9.20. The standard InChI is InChI=1S/C11H19NO3/c1-13-5-2-6-14-8-4-12-9-11-3-7-15-10-11/h3,7,10,12H,2,4-6,8-9H2,1H3. The molecule has 0 amide bonds. The van der Waals surface area contributed by atoms with Gasteiger partial charge in [0.05, 0.1) is 19.1 Å². The average molecular weight is 213 g/mol. The predicted octanol–water partition coefficient (Wildman–Crippen LogP) is 1.42. The summed E-state index contributed by atoms with van der Waals surface area (Å²) in [4.78, 5) is 0. The summed E-state index contributed by atoms with van der Waals surface area (Å²) in [6.45, 7) is 3.96. The fraction of sp³-hybridized carbons (Fsp3) is 0.636. The van der Waals surface area contributed by atoms with Crippen LogP contribution in [0, 0.1) is 0 Å². The van der Waals surface area contributed by atoms with Gasteiger partial charge in [-0.25, -0.2) is 0 Å². The van der Waals surface area contributed by atoms with Crippen molar-refractivity contribution in [3.63, 3.8) is 0 Å². The Labute approximate surface area is 90.6 Å². The van der Waals surface area contributed by atoms with Gasteiger partial charge in [0.1, 0.15) is 0 Å². The minimum Gasteiger partial charge on any atom is -0.472 e. The highest BCUT2D eigenvalue weighted by Crippen LogP contribution is 1.97. The van der Waals surface area contributed by atoms with Crippen LogP contribution in [0.5, 0.6) is 0 Å². The maximum atomic E-state index is 5.39. The number of ether oxygens (including phenoxy) is 2. The first kappa shape index (κ1) is 12.2. The summed E-state index contributed by atoms with van der Waals surface area (Å²) in [5, 5.41) is 3.26. The van der Waals surface area contributed by atoms with E-state index < -0.39 is 0 Å². The number of hydrogen-bond acceptors (Lipinski definition) is 4. The van der Waals surface area contributed by atoms with Crippen LogP contribution in [0.25, 0.3) is 0 Å². The number of nitrogens with one attached hydrogen (secondary N) is 1. The van der Waals surface area contributed by atoms with E-state index in [9.17, 15) is 0 Å². The van der Waals surface area contributed by atoms with Crippen molar-refractivity contribution in [2.75, 3.05) is 33.5 Å². The lowest BCUT2D eigenvalue weighted by molar-refractivity contribution is 0.104. The van der Waals surface area contributed by atoms with Gasteiger partial charge in [-0.1, -0.05) is 0 Å². The van der Waals surface area contributed by atoms with Gasteiger partial charge >= 0.3 is 0 Å². The summed E-state index contributed by atoms with van der Waals surface area (Å²) in [6.07, 6.45) is 4.38. The minimum atomic E-state index is 0.738. The van der Waals surface area contributed by atoms with Crippen molar-refractivity contribution >= 4 is 0 Å². The van der Waals surface area contributed by atoms with Crippen molar-refractivity contribution in [2.24, 2.45) is 0 Å². The lowest BCUT2D eigenvalue weighted by Gasteiger charge is -2.04. The van der Waals surface area contributed by atoms with E-state index in [1.807, 2.05) is 6.07 Å². The third-order valence-corrected chi connectivity index (χ3v) is 1.97. The van der Waals surface area contributed by atoms with Gasteiger partial charge in [-0.2, -0.15) is 0 Å². The van der Waals surface area contributed by atoms with Gasteiger partial charge in [-0.3, -0.25) is 0 Å². The molecule has 0 atom stereocenters. The Morgan fingerprint density at radius 2 is 2.27 bits per heavy atom. The van der Waals surface area contributed by atoms with Crippen molar-refractivity contribution in [1.82, 2.24) is 5.32 Å². The maximum absolute atomic E-state index is 5.39. The van der Waals surface area contributed by atoms with E-state index in [0.29, 0.717) is 0 Å².